The molecule has 21 heavy (non-hydrogen) atoms. The average Bonchev–Trinajstić information content (AvgIpc) is 2.89. The highest BCUT2D eigenvalue weighted by atomic mass is 16.4. The van der Waals surface area contributed by atoms with Crippen LogP contribution in [0.5, 0.6) is 0 Å². The maximum Gasteiger partial charge on any atom is 0.303 e. The van der Waals surface area contributed by atoms with Crippen LogP contribution in [-0.4, -0.2) is 49.9 Å². The number of hydrogen-bond donors (Lipinski definition) is 2. The molecule has 0 aliphatic carbocycles. The number of carboxylic acids is 1. The van der Waals surface area contributed by atoms with Crippen molar-refractivity contribution in [2.24, 2.45) is 0 Å². The van der Waals surface area contributed by atoms with Gasteiger partial charge in [-0.25, -0.2) is 0 Å². The molecular weight excluding hydrogens is 272 g/mol. The van der Waals surface area contributed by atoms with Crippen LogP contribution < -0.4 is 0 Å². The second kappa shape index (κ2) is 6.34. The summed E-state index contributed by atoms with van der Waals surface area (Å²) in [5.74, 6) is -0.976. The molecule has 0 bridgehead atoms. The standard InChI is InChI=1S/C14H18N4O3/c1-9(2)18(7-3-4-13(19)20)14(21)10-5-6-11-12(8-10)16-17-15-11/h5-6,8-9H,3-4,7H2,1-2H3,(H,19,20)(H,15,16,17). The van der Waals surface area contributed by atoms with Crippen molar-refractivity contribution in [3.8, 4) is 0 Å². The number of carbonyl (C=O) groups is 2. The predicted molar refractivity (Wildman–Crippen MR) is 76.9 cm³/mol. The van der Waals surface area contributed by atoms with Gasteiger partial charge in [0.25, 0.3) is 5.91 Å². The highest BCUT2D eigenvalue weighted by molar-refractivity contribution is 5.97. The fourth-order valence-electron chi connectivity index (χ4n) is 2.13. The Hall–Kier alpha value is -2.44. The molecule has 2 rings (SSSR count). The lowest BCUT2D eigenvalue weighted by atomic mass is 10.1. The Morgan fingerprint density at radius 2 is 2.00 bits per heavy atom. The van der Waals surface area contributed by atoms with Crippen molar-refractivity contribution in [3.05, 3.63) is 23.8 Å². The topological polar surface area (TPSA) is 99.2 Å². The van der Waals surface area contributed by atoms with Gasteiger partial charge < -0.3 is 10.0 Å². The first-order valence-electron chi connectivity index (χ1n) is 6.82. The van der Waals surface area contributed by atoms with E-state index in [1.807, 2.05) is 13.8 Å². The number of amides is 1. The van der Waals surface area contributed by atoms with Crippen molar-refractivity contribution in [1.82, 2.24) is 20.3 Å². The van der Waals surface area contributed by atoms with Crippen molar-refractivity contribution < 1.29 is 14.7 Å². The number of benzene rings is 1. The summed E-state index contributed by atoms with van der Waals surface area (Å²) >= 11 is 0. The Morgan fingerprint density at radius 3 is 2.67 bits per heavy atom. The Bertz CT molecular complexity index is 650. The van der Waals surface area contributed by atoms with E-state index in [-0.39, 0.29) is 18.4 Å². The van der Waals surface area contributed by atoms with Gasteiger partial charge in [0.05, 0.1) is 0 Å². The summed E-state index contributed by atoms with van der Waals surface area (Å²) < 4.78 is 0. The van der Waals surface area contributed by atoms with Crippen LogP contribution in [0.3, 0.4) is 0 Å². The molecule has 1 heterocycles. The van der Waals surface area contributed by atoms with Gasteiger partial charge >= 0.3 is 5.97 Å². The van der Waals surface area contributed by atoms with E-state index in [1.165, 1.54) is 0 Å². The molecule has 7 heteroatoms. The Morgan fingerprint density at radius 1 is 1.29 bits per heavy atom. The van der Waals surface area contributed by atoms with E-state index in [0.29, 0.717) is 29.6 Å². The van der Waals surface area contributed by atoms with Gasteiger partial charge in [-0.2, -0.15) is 15.4 Å². The molecule has 1 amide bonds. The minimum absolute atomic E-state index is 0.000647. The number of hydrogen-bond acceptors (Lipinski definition) is 4. The molecule has 0 saturated carbocycles. The van der Waals surface area contributed by atoms with Crippen molar-refractivity contribution in [2.75, 3.05) is 6.54 Å². The van der Waals surface area contributed by atoms with Crippen molar-refractivity contribution in [2.45, 2.75) is 32.7 Å². The van der Waals surface area contributed by atoms with Crippen LogP contribution in [0.1, 0.15) is 37.0 Å². The zero-order valence-electron chi connectivity index (χ0n) is 12.0. The molecule has 0 unspecified atom stereocenters. The van der Waals surface area contributed by atoms with Crippen LogP contribution in [0.15, 0.2) is 18.2 Å². The monoisotopic (exact) mass is 290 g/mol. The van der Waals surface area contributed by atoms with Crippen molar-refractivity contribution in [1.29, 1.82) is 0 Å². The number of H-pyrrole nitrogens is 1. The van der Waals surface area contributed by atoms with Gasteiger partial charge in [-0.3, -0.25) is 9.59 Å². The first kappa shape index (κ1) is 15.0. The second-order valence-electron chi connectivity index (χ2n) is 5.12. The zero-order valence-corrected chi connectivity index (χ0v) is 12.0. The average molecular weight is 290 g/mol. The lowest BCUT2D eigenvalue weighted by molar-refractivity contribution is -0.137. The second-order valence-corrected chi connectivity index (χ2v) is 5.12. The summed E-state index contributed by atoms with van der Waals surface area (Å²) in [6.45, 7) is 4.24. The van der Waals surface area contributed by atoms with E-state index in [4.69, 9.17) is 5.11 Å². The Labute approximate surface area is 121 Å². The minimum atomic E-state index is -0.852. The minimum Gasteiger partial charge on any atom is -0.481 e. The molecule has 2 N–H and O–H groups in total. The van der Waals surface area contributed by atoms with Crippen LogP contribution >= 0.6 is 0 Å². The van der Waals surface area contributed by atoms with Gasteiger partial charge in [-0.1, -0.05) is 0 Å². The molecule has 7 nitrogen and oxygen atoms in total. The summed E-state index contributed by atoms with van der Waals surface area (Å²) in [7, 11) is 0. The maximum atomic E-state index is 12.5. The highest BCUT2D eigenvalue weighted by Gasteiger charge is 2.19. The summed E-state index contributed by atoms with van der Waals surface area (Å²) in [5.41, 5.74) is 1.86. The van der Waals surface area contributed by atoms with Gasteiger partial charge in [0, 0.05) is 24.6 Å². The lowest BCUT2D eigenvalue weighted by Gasteiger charge is -2.26. The lowest BCUT2D eigenvalue weighted by Crippen LogP contribution is -2.37. The quantitative estimate of drug-likeness (QED) is 0.843. The number of carbonyl (C=O) groups excluding carboxylic acids is 1. The summed E-state index contributed by atoms with van der Waals surface area (Å²) in [4.78, 5) is 24.8. The molecule has 0 atom stereocenters. The van der Waals surface area contributed by atoms with E-state index < -0.39 is 5.97 Å². The molecule has 1 aromatic carbocycles. The normalized spacial score (nSPS) is 11.0. The summed E-state index contributed by atoms with van der Waals surface area (Å²) in [6.07, 6.45) is 0.490. The third-order valence-corrected chi connectivity index (χ3v) is 3.24. The van der Waals surface area contributed by atoms with Gasteiger partial charge in [0.1, 0.15) is 11.0 Å². The van der Waals surface area contributed by atoms with E-state index in [0.717, 1.165) is 0 Å². The van der Waals surface area contributed by atoms with E-state index in [1.54, 1.807) is 23.1 Å². The van der Waals surface area contributed by atoms with E-state index in [9.17, 15) is 9.59 Å². The van der Waals surface area contributed by atoms with Crippen LogP contribution in [0.25, 0.3) is 11.0 Å². The van der Waals surface area contributed by atoms with Crippen LogP contribution in [0.2, 0.25) is 0 Å². The van der Waals surface area contributed by atoms with Crippen LogP contribution in [0.4, 0.5) is 0 Å². The van der Waals surface area contributed by atoms with Crippen LogP contribution in [0, 0.1) is 0 Å². The zero-order chi connectivity index (χ0) is 15.4. The van der Waals surface area contributed by atoms with Crippen molar-refractivity contribution in [3.63, 3.8) is 0 Å². The van der Waals surface area contributed by atoms with Crippen molar-refractivity contribution >= 4 is 22.9 Å². The number of rotatable bonds is 6. The fourth-order valence-corrected chi connectivity index (χ4v) is 2.13. The first-order valence-corrected chi connectivity index (χ1v) is 6.82. The number of fused-ring (bicyclic) bond motifs is 1. The molecule has 0 radical (unpaired) electrons. The van der Waals surface area contributed by atoms with Gasteiger partial charge in [-0.05, 0) is 38.5 Å². The molecule has 0 spiro atoms. The van der Waals surface area contributed by atoms with Crippen LogP contribution in [-0.2, 0) is 4.79 Å². The third-order valence-electron chi connectivity index (χ3n) is 3.24. The largest absolute Gasteiger partial charge is 0.481 e. The summed E-state index contributed by atoms with van der Waals surface area (Å²) in [5, 5.41) is 19.1. The van der Waals surface area contributed by atoms with Gasteiger partial charge in [0.2, 0.25) is 0 Å². The number of nitrogens with one attached hydrogen (secondary N) is 1. The van der Waals surface area contributed by atoms with E-state index in [2.05, 4.69) is 15.4 Å². The van der Waals surface area contributed by atoms with Gasteiger partial charge in [-0.15, -0.1) is 0 Å². The number of aliphatic carboxylic acids is 1. The molecule has 0 fully saturated rings. The Balaban J connectivity index is 2.14. The SMILES string of the molecule is CC(C)N(CCCC(=O)O)C(=O)c1ccc2n[nH]nc2c1. The molecule has 112 valence electrons. The molecule has 1 aromatic heterocycles. The third kappa shape index (κ3) is 3.56. The number of carboxylic acid groups (broad SMARTS) is 1. The maximum absolute atomic E-state index is 12.5. The van der Waals surface area contributed by atoms with E-state index >= 15 is 0 Å². The first-order chi connectivity index (χ1) is 9.99. The molecule has 0 aliphatic rings. The Kier molecular flexibility index (Phi) is 4.52. The highest BCUT2D eigenvalue weighted by Crippen LogP contribution is 2.15. The number of nitrogens with zero attached hydrogens (tertiary/aromatic N) is 3. The summed E-state index contributed by atoms with van der Waals surface area (Å²) in [6, 6.07) is 5.13. The van der Waals surface area contributed by atoms with Gasteiger partial charge in [0.15, 0.2) is 0 Å². The molecule has 0 aliphatic heterocycles. The number of aromatic nitrogens is 3. The molecule has 0 saturated heterocycles. The molecule has 2 aromatic rings. The predicted octanol–water partition coefficient (Wildman–Crippen LogP) is 1.67. The smallest absolute Gasteiger partial charge is 0.303 e. The fraction of sp³-hybridized carbons (Fsp3) is 0.429. The molecular formula is C14H18N4O3. The number of aromatic amines is 1.